The number of benzene rings is 3. The molecule has 0 saturated carbocycles. The number of carbonyl (C=O) groups excluding carboxylic acids is 1. The molecule has 0 bridgehead atoms. The van der Waals surface area contributed by atoms with E-state index in [-0.39, 0.29) is 27.3 Å². The summed E-state index contributed by atoms with van der Waals surface area (Å²) in [6, 6.07) is 17.8. The van der Waals surface area contributed by atoms with Crippen LogP contribution in [0.4, 0.5) is 0 Å². The van der Waals surface area contributed by atoms with Gasteiger partial charge in [0.2, 0.25) is 0 Å². The quantitative estimate of drug-likeness (QED) is 0.596. The minimum Gasteiger partial charge on any atom is -0.545 e. The maximum Gasteiger partial charge on any atom is 0.259 e. The van der Waals surface area contributed by atoms with Crippen molar-refractivity contribution in [3.8, 4) is 0 Å². The van der Waals surface area contributed by atoms with Crippen LogP contribution in [0.25, 0.3) is 32.8 Å². The highest BCUT2D eigenvalue weighted by molar-refractivity contribution is 6.50. The number of hydrogen-bond acceptors (Lipinski definition) is 4. The largest absolute Gasteiger partial charge is 0.545 e. The first-order valence-electron chi connectivity index (χ1n) is 8.13. The van der Waals surface area contributed by atoms with Crippen LogP contribution in [0.1, 0.15) is 21.7 Å². The molecule has 0 fully saturated rings. The van der Waals surface area contributed by atoms with Gasteiger partial charge in [-0.25, -0.2) is 4.98 Å². The Bertz CT molecular complexity index is 1290. The summed E-state index contributed by atoms with van der Waals surface area (Å²) in [7, 11) is 0. The highest BCUT2D eigenvalue weighted by atomic mass is 35.5. The Morgan fingerprint density at radius 1 is 1.04 bits per heavy atom. The topological polar surface area (TPSA) is 85.9 Å². The number of aromatic carboxylic acids is 1. The van der Waals surface area contributed by atoms with Crippen molar-refractivity contribution in [2.45, 2.75) is 0 Å². The number of aromatic nitrogens is 2. The van der Waals surface area contributed by atoms with E-state index in [2.05, 4.69) is 9.97 Å². The van der Waals surface area contributed by atoms with Crippen molar-refractivity contribution < 1.29 is 9.90 Å². The van der Waals surface area contributed by atoms with Gasteiger partial charge in [-0.05, 0) is 46.2 Å². The lowest BCUT2D eigenvalue weighted by Crippen LogP contribution is -2.22. The number of carboxylic acids is 1. The molecule has 0 amide bonds. The highest BCUT2D eigenvalue weighted by Gasteiger charge is 2.08. The van der Waals surface area contributed by atoms with Gasteiger partial charge in [-0.15, -0.1) is 0 Å². The Morgan fingerprint density at radius 2 is 1.81 bits per heavy atom. The molecule has 6 heteroatoms. The van der Waals surface area contributed by atoms with Crippen molar-refractivity contribution >= 4 is 50.4 Å². The van der Waals surface area contributed by atoms with Crippen molar-refractivity contribution in [1.82, 2.24) is 9.97 Å². The molecular formula is C21H12ClN2O3-. The standard InChI is InChI=1S/C21H13ClN2O3/c22-17(10-12-5-6-13-3-1-2-4-14(13)9-12)19-23-18-11-15(21(26)27)7-8-16(18)20(25)24-19/h1-11H,(H,26,27)(H,23,24,25)/p-1/b17-10-. The number of carbonyl (C=O) groups is 1. The maximum absolute atomic E-state index is 12.3. The van der Waals surface area contributed by atoms with Crippen LogP contribution in [0.5, 0.6) is 0 Å². The molecule has 0 radical (unpaired) electrons. The van der Waals surface area contributed by atoms with E-state index in [0.717, 1.165) is 16.3 Å². The van der Waals surface area contributed by atoms with Gasteiger partial charge in [0.15, 0.2) is 5.82 Å². The Labute approximate surface area is 158 Å². The summed E-state index contributed by atoms with van der Waals surface area (Å²) < 4.78 is 0. The molecule has 0 unspecified atom stereocenters. The second-order valence-corrected chi connectivity index (χ2v) is 6.44. The van der Waals surface area contributed by atoms with Crippen LogP contribution >= 0.6 is 11.6 Å². The summed E-state index contributed by atoms with van der Waals surface area (Å²) in [5.41, 5.74) is 0.636. The third-order valence-electron chi connectivity index (χ3n) is 4.24. The molecule has 3 aromatic carbocycles. The number of aromatic amines is 1. The highest BCUT2D eigenvalue weighted by Crippen LogP contribution is 2.23. The average Bonchev–Trinajstić information content (AvgIpc) is 2.67. The minimum absolute atomic E-state index is 0.0545. The molecule has 132 valence electrons. The van der Waals surface area contributed by atoms with Gasteiger partial charge in [0.05, 0.1) is 21.9 Å². The van der Waals surface area contributed by atoms with E-state index in [1.807, 2.05) is 42.5 Å². The lowest BCUT2D eigenvalue weighted by atomic mass is 10.1. The lowest BCUT2D eigenvalue weighted by Gasteiger charge is -2.06. The second-order valence-electron chi connectivity index (χ2n) is 6.03. The summed E-state index contributed by atoms with van der Waals surface area (Å²) >= 11 is 6.37. The summed E-state index contributed by atoms with van der Waals surface area (Å²) in [6.45, 7) is 0. The number of carboxylic acid groups (broad SMARTS) is 1. The average molecular weight is 376 g/mol. The number of rotatable bonds is 3. The van der Waals surface area contributed by atoms with E-state index >= 15 is 0 Å². The van der Waals surface area contributed by atoms with Crippen LogP contribution in [0.15, 0.2) is 65.5 Å². The fourth-order valence-electron chi connectivity index (χ4n) is 2.89. The van der Waals surface area contributed by atoms with Crippen LogP contribution in [0.2, 0.25) is 0 Å². The molecule has 4 rings (SSSR count). The van der Waals surface area contributed by atoms with Gasteiger partial charge in [0.25, 0.3) is 5.56 Å². The number of fused-ring (bicyclic) bond motifs is 2. The monoisotopic (exact) mass is 375 g/mol. The number of hydrogen-bond donors (Lipinski definition) is 1. The van der Waals surface area contributed by atoms with Gasteiger partial charge in [0.1, 0.15) is 0 Å². The SMILES string of the molecule is O=C([O-])c1ccc2c(=O)[nH]c(/C(Cl)=C/c3ccc4ccccc4c3)nc2c1. The smallest absolute Gasteiger partial charge is 0.259 e. The summed E-state index contributed by atoms with van der Waals surface area (Å²) in [4.78, 5) is 30.2. The zero-order chi connectivity index (χ0) is 19.0. The van der Waals surface area contributed by atoms with Crippen LogP contribution in [-0.2, 0) is 0 Å². The van der Waals surface area contributed by atoms with Crippen molar-refractivity contribution in [3.63, 3.8) is 0 Å². The van der Waals surface area contributed by atoms with Crippen LogP contribution in [0.3, 0.4) is 0 Å². The fraction of sp³-hybridized carbons (Fsp3) is 0. The molecule has 0 aliphatic carbocycles. The molecule has 0 aliphatic rings. The van der Waals surface area contributed by atoms with E-state index in [1.165, 1.54) is 18.2 Å². The fourth-order valence-corrected chi connectivity index (χ4v) is 3.11. The van der Waals surface area contributed by atoms with Crippen LogP contribution < -0.4 is 10.7 Å². The van der Waals surface area contributed by atoms with Gasteiger partial charge in [-0.1, -0.05) is 54.1 Å². The number of halogens is 1. The summed E-state index contributed by atoms with van der Waals surface area (Å²) in [5, 5.41) is 13.7. The first-order chi connectivity index (χ1) is 13.0. The van der Waals surface area contributed by atoms with Crippen LogP contribution in [0, 0.1) is 0 Å². The zero-order valence-electron chi connectivity index (χ0n) is 13.9. The van der Waals surface area contributed by atoms with E-state index in [0.29, 0.717) is 0 Å². The van der Waals surface area contributed by atoms with Gasteiger partial charge in [-0.2, -0.15) is 0 Å². The molecular weight excluding hydrogens is 364 g/mol. The van der Waals surface area contributed by atoms with Crippen LogP contribution in [-0.4, -0.2) is 15.9 Å². The Morgan fingerprint density at radius 3 is 2.59 bits per heavy atom. The van der Waals surface area contributed by atoms with Crippen molar-refractivity contribution in [3.05, 3.63) is 88.0 Å². The summed E-state index contributed by atoms with van der Waals surface area (Å²) in [5.74, 6) is -1.17. The normalized spacial score (nSPS) is 11.8. The van der Waals surface area contributed by atoms with Crippen molar-refractivity contribution in [2.24, 2.45) is 0 Å². The van der Waals surface area contributed by atoms with E-state index < -0.39 is 11.5 Å². The third kappa shape index (κ3) is 3.32. The summed E-state index contributed by atoms with van der Waals surface area (Å²) in [6.07, 6.45) is 1.70. The molecule has 1 heterocycles. The van der Waals surface area contributed by atoms with Gasteiger partial charge in [0, 0.05) is 0 Å². The predicted molar refractivity (Wildman–Crippen MR) is 104 cm³/mol. The number of nitrogens with zero attached hydrogens (tertiary/aromatic N) is 1. The molecule has 1 N–H and O–H groups in total. The molecule has 0 spiro atoms. The molecule has 1 aromatic heterocycles. The molecule has 27 heavy (non-hydrogen) atoms. The first kappa shape index (κ1) is 17.0. The van der Waals surface area contributed by atoms with Gasteiger partial charge in [-0.3, -0.25) is 4.79 Å². The van der Waals surface area contributed by atoms with Gasteiger partial charge < -0.3 is 14.9 Å². The molecule has 0 atom stereocenters. The zero-order valence-corrected chi connectivity index (χ0v) is 14.7. The van der Waals surface area contributed by atoms with E-state index in [1.54, 1.807) is 6.08 Å². The minimum atomic E-state index is -1.33. The second kappa shape index (κ2) is 6.70. The number of H-pyrrole nitrogens is 1. The molecule has 4 aromatic rings. The molecule has 0 aliphatic heterocycles. The van der Waals surface area contributed by atoms with Crippen molar-refractivity contribution in [2.75, 3.05) is 0 Å². The van der Waals surface area contributed by atoms with E-state index in [4.69, 9.17) is 11.6 Å². The molecule has 0 saturated heterocycles. The van der Waals surface area contributed by atoms with Crippen molar-refractivity contribution in [1.29, 1.82) is 0 Å². The van der Waals surface area contributed by atoms with E-state index in [9.17, 15) is 14.7 Å². The Hall–Kier alpha value is -3.44. The first-order valence-corrected chi connectivity index (χ1v) is 8.51. The maximum atomic E-state index is 12.3. The Kier molecular flexibility index (Phi) is 4.22. The lowest BCUT2D eigenvalue weighted by molar-refractivity contribution is -0.255. The van der Waals surface area contributed by atoms with Gasteiger partial charge >= 0.3 is 0 Å². The Balaban J connectivity index is 1.80. The predicted octanol–water partition coefficient (Wildman–Crippen LogP) is 3.18. The molecule has 5 nitrogen and oxygen atoms in total. The number of nitrogens with one attached hydrogen (secondary N) is 1. The third-order valence-corrected chi connectivity index (χ3v) is 4.52.